The molecule has 0 spiro atoms. The second kappa shape index (κ2) is 7.34. The maximum atomic E-state index is 13.2. The van der Waals surface area contributed by atoms with E-state index in [1.807, 2.05) is 35.4 Å². The summed E-state index contributed by atoms with van der Waals surface area (Å²) in [7, 11) is 0. The van der Waals surface area contributed by atoms with Crippen LogP contribution in [0.1, 0.15) is 50.0 Å². The zero-order valence-electron chi connectivity index (χ0n) is 14.6. The standard InChI is InChI=1S/C21H25N3O/c25-21(19-13-18(19)17-9-6-11-22-14-17)24(20-10-4-5-12-23-20)15-16-7-2-1-3-8-16/h4-6,9-12,14,16,18-19H,1-3,7-8,13,15H2/t18-,19+/m0/s1. The van der Waals surface area contributed by atoms with Gasteiger partial charge in [0.25, 0.3) is 0 Å². The molecule has 4 nitrogen and oxygen atoms in total. The number of carbonyl (C=O) groups is 1. The fourth-order valence-electron chi connectivity index (χ4n) is 4.07. The average Bonchev–Trinajstić information content (AvgIpc) is 3.49. The summed E-state index contributed by atoms with van der Waals surface area (Å²) in [5.74, 6) is 2.04. The minimum atomic E-state index is 0.0785. The molecule has 2 aliphatic carbocycles. The van der Waals surface area contributed by atoms with Crippen LogP contribution in [0, 0.1) is 11.8 Å². The molecular formula is C21H25N3O. The first-order valence-electron chi connectivity index (χ1n) is 9.45. The van der Waals surface area contributed by atoms with Gasteiger partial charge in [-0.2, -0.15) is 0 Å². The van der Waals surface area contributed by atoms with Crippen molar-refractivity contribution in [1.29, 1.82) is 0 Å². The van der Waals surface area contributed by atoms with Crippen molar-refractivity contribution in [3.63, 3.8) is 0 Å². The Morgan fingerprint density at radius 1 is 1.08 bits per heavy atom. The van der Waals surface area contributed by atoms with Crippen molar-refractivity contribution >= 4 is 11.7 Å². The molecule has 4 heteroatoms. The summed E-state index contributed by atoms with van der Waals surface area (Å²) in [6.07, 6.45) is 12.8. The van der Waals surface area contributed by atoms with E-state index < -0.39 is 0 Å². The lowest BCUT2D eigenvalue weighted by Gasteiger charge is -2.29. The average molecular weight is 335 g/mol. The molecule has 4 rings (SSSR count). The van der Waals surface area contributed by atoms with E-state index in [2.05, 4.69) is 16.0 Å². The van der Waals surface area contributed by atoms with E-state index in [1.54, 1.807) is 12.4 Å². The number of amides is 1. The first-order chi connectivity index (χ1) is 12.3. The fourth-order valence-corrected chi connectivity index (χ4v) is 4.07. The maximum absolute atomic E-state index is 13.2. The Labute approximate surface area is 149 Å². The highest BCUT2D eigenvalue weighted by Gasteiger charge is 2.46. The van der Waals surface area contributed by atoms with Crippen LogP contribution in [0.25, 0.3) is 0 Å². The fraction of sp³-hybridized carbons (Fsp3) is 0.476. The zero-order valence-corrected chi connectivity index (χ0v) is 14.6. The molecule has 2 saturated carbocycles. The third-order valence-electron chi connectivity index (χ3n) is 5.58. The molecule has 2 aromatic heterocycles. The molecular weight excluding hydrogens is 310 g/mol. The van der Waals surface area contributed by atoms with Gasteiger partial charge in [-0.25, -0.2) is 4.98 Å². The largest absolute Gasteiger partial charge is 0.296 e. The van der Waals surface area contributed by atoms with Crippen LogP contribution < -0.4 is 4.90 Å². The molecule has 1 amide bonds. The molecule has 2 atom stereocenters. The molecule has 0 bridgehead atoms. The number of rotatable bonds is 5. The number of aromatic nitrogens is 2. The van der Waals surface area contributed by atoms with Crippen LogP contribution in [-0.2, 0) is 4.79 Å². The van der Waals surface area contributed by atoms with Crippen LogP contribution in [0.3, 0.4) is 0 Å². The highest BCUT2D eigenvalue weighted by Crippen LogP contribution is 2.48. The van der Waals surface area contributed by atoms with Gasteiger partial charge in [0, 0.05) is 31.1 Å². The Kier molecular flexibility index (Phi) is 4.77. The predicted octanol–water partition coefficient (Wildman–Crippen LogP) is 4.19. The van der Waals surface area contributed by atoms with Crippen molar-refractivity contribution in [3.05, 3.63) is 54.5 Å². The van der Waals surface area contributed by atoms with Crippen LogP contribution in [0.2, 0.25) is 0 Å². The van der Waals surface area contributed by atoms with Gasteiger partial charge in [-0.3, -0.25) is 14.7 Å². The molecule has 2 aromatic rings. The van der Waals surface area contributed by atoms with Crippen LogP contribution in [-0.4, -0.2) is 22.4 Å². The van der Waals surface area contributed by atoms with Crippen LogP contribution in [0.15, 0.2) is 48.9 Å². The van der Waals surface area contributed by atoms with Gasteiger partial charge in [0.15, 0.2) is 0 Å². The Balaban J connectivity index is 1.50. The van der Waals surface area contributed by atoms with E-state index in [0.717, 1.165) is 18.8 Å². The molecule has 2 fully saturated rings. The SMILES string of the molecule is O=C([C@@H]1C[C@H]1c1cccnc1)N(CC1CCCCC1)c1ccccn1. The minimum absolute atomic E-state index is 0.0785. The number of carbonyl (C=O) groups excluding carboxylic acids is 1. The minimum Gasteiger partial charge on any atom is -0.296 e. The van der Waals surface area contributed by atoms with Crippen LogP contribution >= 0.6 is 0 Å². The van der Waals surface area contributed by atoms with Crippen molar-refractivity contribution in [2.45, 2.75) is 44.4 Å². The van der Waals surface area contributed by atoms with Gasteiger partial charge >= 0.3 is 0 Å². The Hall–Kier alpha value is -2.23. The van der Waals surface area contributed by atoms with E-state index >= 15 is 0 Å². The van der Waals surface area contributed by atoms with Crippen LogP contribution in [0.5, 0.6) is 0 Å². The molecule has 0 aromatic carbocycles. The van der Waals surface area contributed by atoms with Gasteiger partial charge in [0.05, 0.1) is 0 Å². The summed E-state index contributed by atoms with van der Waals surface area (Å²) in [6.45, 7) is 0.812. The van der Waals surface area contributed by atoms with Crippen molar-refractivity contribution < 1.29 is 4.79 Å². The first kappa shape index (κ1) is 16.2. The number of anilines is 1. The Bertz CT molecular complexity index is 698. The summed E-state index contributed by atoms with van der Waals surface area (Å²) in [5.41, 5.74) is 1.18. The Morgan fingerprint density at radius 2 is 1.96 bits per heavy atom. The number of pyridine rings is 2. The van der Waals surface area contributed by atoms with E-state index in [9.17, 15) is 4.79 Å². The normalized spacial score (nSPS) is 23.2. The monoisotopic (exact) mass is 335 g/mol. The van der Waals surface area contributed by atoms with Crippen molar-refractivity contribution in [2.75, 3.05) is 11.4 Å². The predicted molar refractivity (Wildman–Crippen MR) is 98.3 cm³/mol. The van der Waals surface area contributed by atoms with Gasteiger partial charge < -0.3 is 0 Å². The van der Waals surface area contributed by atoms with Crippen molar-refractivity contribution in [3.8, 4) is 0 Å². The van der Waals surface area contributed by atoms with Crippen molar-refractivity contribution in [2.24, 2.45) is 11.8 Å². The van der Waals surface area contributed by atoms with Gasteiger partial charge in [-0.05, 0) is 54.9 Å². The van der Waals surface area contributed by atoms with E-state index in [4.69, 9.17) is 0 Å². The van der Waals surface area contributed by atoms with E-state index in [0.29, 0.717) is 11.8 Å². The molecule has 0 unspecified atom stereocenters. The molecule has 25 heavy (non-hydrogen) atoms. The molecule has 130 valence electrons. The van der Waals surface area contributed by atoms with E-state index in [1.165, 1.54) is 37.7 Å². The highest BCUT2D eigenvalue weighted by molar-refractivity contribution is 5.96. The second-order valence-corrected chi connectivity index (χ2v) is 7.38. The third kappa shape index (κ3) is 3.73. The van der Waals surface area contributed by atoms with E-state index in [-0.39, 0.29) is 11.8 Å². The molecule has 0 N–H and O–H groups in total. The molecule has 2 aliphatic rings. The summed E-state index contributed by atoms with van der Waals surface area (Å²) < 4.78 is 0. The zero-order chi connectivity index (χ0) is 17.1. The second-order valence-electron chi connectivity index (χ2n) is 7.38. The summed E-state index contributed by atoms with van der Waals surface area (Å²) in [5, 5.41) is 0. The summed E-state index contributed by atoms with van der Waals surface area (Å²) in [4.78, 5) is 23.8. The number of hydrogen-bond donors (Lipinski definition) is 0. The molecule has 0 radical (unpaired) electrons. The highest BCUT2D eigenvalue weighted by atomic mass is 16.2. The van der Waals surface area contributed by atoms with Gasteiger partial charge in [-0.1, -0.05) is 31.4 Å². The maximum Gasteiger partial charge on any atom is 0.231 e. The van der Waals surface area contributed by atoms with Gasteiger partial charge in [0.2, 0.25) is 5.91 Å². The number of nitrogens with zero attached hydrogens (tertiary/aromatic N) is 3. The topological polar surface area (TPSA) is 46.1 Å². The summed E-state index contributed by atoms with van der Waals surface area (Å²) >= 11 is 0. The molecule has 2 heterocycles. The van der Waals surface area contributed by atoms with Gasteiger partial charge in [0.1, 0.15) is 5.82 Å². The first-order valence-corrected chi connectivity index (χ1v) is 9.45. The molecule has 0 saturated heterocycles. The van der Waals surface area contributed by atoms with Crippen LogP contribution in [0.4, 0.5) is 5.82 Å². The Morgan fingerprint density at radius 3 is 2.68 bits per heavy atom. The molecule has 0 aliphatic heterocycles. The quantitative estimate of drug-likeness (QED) is 0.823. The lowest BCUT2D eigenvalue weighted by molar-refractivity contribution is -0.120. The van der Waals surface area contributed by atoms with Gasteiger partial charge in [-0.15, -0.1) is 0 Å². The third-order valence-corrected chi connectivity index (χ3v) is 5.58. The lowest BCUT2D eigenvalue weighted by atomic mass is 9.89. The summed E-state index contributed by atoms with van der Waals surface area (Å²) in [6, 6.07) is 9.87. The van der Waals surface area contributed by atoms with Crippen molar-refractivity contribution in [1.82, 2.24) is 9.97 Å². The lowest BCUT2D eigenvalue weighted by Crippen LogP contribution is -2.38. The smallest absolute Gasteiger partial charge is 0.231 e. The number of hydrogen-bond acceptors (Lipinski definition) is 3.